The fourth-order valence-corrected chi connectivity index (χ4v) is 6.99. The quantitative estimate of drug-likeness (QED) is 0.458. The number of thiophene rings is 1. The summed E-state index contributed by atoms with van der Waals surface area (Å²) in [5.74, 6) is 0. The molecule has 1 aliphatic carbocycles. The predicted molar refractivity (Wildman–Crippen MR) is 110 cm³/mol. The van der Waals surface area contributed by atoms with E-state index in [0.717, 1.165) is 67.1 Å². The molecule has 7 nitrogen and oxygen atoms in total. The summed E-state index contributed by atoms with van der Waals surface area (Å²) in [7, 11) is 0. The maximum atomic E-state index is 13.2. The molecule has 6 rings (SSSR count). The van der Waals surface area contributed by atoms with Gasteiger partial charge in [0.1, 0.15) is 21.9 Å². The third-order valence-electron chi connectivity index (χ3n) is 5.35. The van der Waals surface area contributed by atoms with Gasteiger partial charge in [-0.15, -0.1) is 0 Å². The van der Waals surface area contributed by atoms with Crippen LogP contribution in [0.3, 0.4) is 0 Å². The molecule has 28 heavy (non-hydrogen) atoms. The van der Waals surface area contributed by atoms with Crippen LogP contribution >= 0.6 is 11.3 Å². The first-order valence-corrected chi connectivity index (χ1v) is 11.2. The summed E-state index contributed by atoms with van der Waals surface area (Å²) in [5.41, 5.74) is 4.46. The Kier molecular flexibility index (Phi) is 3.53. The van der Waals surface area contributed by atoms with Crippen molar-refractivity contribution in [1.29, 1.82) is 0 Å². The van der Waals surface area contributed by atoms with Crippen molar-refractivity contribution in [2.24, 2.45) is 0 Å². The average Bonchev–Trinajstić information content (AvgIpc) is 3.22. The van der Waals surface area contributed by atoms with E-state index in [0.29, 0.717) is 0 Å². The van der Waals surface area contributed by atoms with Gasteiger partial charge in [-0.1, -0.05) is 11.3 Å². The lowest BCUT2D eigenvalue weighted by atomic mass is 10.0. The molecule has 9 heteroatoms. The van der Waals surface area contributed by atoms with Crippen molar-refractivity contribution >= 4 is 49.1 Å². The maximum Gasteiger partial charge on any atom is 0.234 e. The van der Waals surface area contributed by atoms with E-state index in [1.165, 1.54) is 17.7 Å². The molecule has 1 unspecified atom stereocenters. The number of aryl methyl sites for hydroxylation is 1. The normalized spacial score (nSPS) is 16.2. The second-order valence-electron chi connectivity index (χ2n) is 7.17. The number of nitrogens with zero attached hydrogens (tertiary/aromatic N) is 5. The smallest absolute Gasteiger partial charge is 0.234 e. The Morgan fingerprint density at radius 1 is 1.25 bits per heavy atom. The minimum Gasteiger partial charge on any atom is -0.611 e. The van der Waals surface area contributed by atoms with Crippen molar-refractivity contribution in [3.63, 3.8) is 0 Å². The first kappa shape index (κ1) is 16.5. The number of hydrogen-bond acceptors (Lipinski definition) is 6. The number of hydrogen-bond donors (Lipinski definition) is 1. The van der Waals surface area contributed by atoms with E-state index >= 15 is 0 Å². The van der Waals surface area contributed by atoms with Crippen LogP contribution in [0.15, 0.2) is 35.1 Å². The van der Waals surface area contributed by atoms with Crippen LogP contribution in [-0.4, -0.2) is 39.6 Å². The van der Waals surface area contributed by atoms with Crippen LogP contribution in [0, 0.1) is 6.92 Å². The number of aromatic nitrogens is 6. The molecule has 0 aromatic carbocycles. The van der Waals surface area contributed by atoms with Gasteiger partial charge in [-0.25, -0.2) is 15.0 Å². The van der Waals surface area contributed by atoms with Crippen molar-refractivity contribution in [3.05, 3.63) is 36.5 Å². The van der Waals surface area contributed by atoms with Crippen LogP contribution in [0.2, 0.25) is 0 Å². The van der Waals surface area contributed by atoms with E-state index in [4.69, 9.17) is 4.98 Å². The van der Waals surface area contributed by atoms with Crippen LogP contribution in [0.25, 0.3) is 37.9 Å². The molecule has 0 spiro atoms. The Hall–Kier alpha value is -2.49. The fraction of sp³-hybridized carbons (Fsp3) is 0.263. The van der Waals surface area contributed by atoms with Crippen LogP contribution in [-0.2, 0) is 11.2 Å². The highest BCUT2D eigenvalue weighted by molar-refractivity contribution is 7.94. The lowest BCUT2D eigenvalue weighted by Crippen LogP contribution is -2.28. The van der Waals surface area contributed by atoms with Crippen molar-refractivity contribution in [2.75, 3.05) is 0 Å². The van der Waals surface area contributed by atoms with Gasteiger partial charge in [-0.05, 0) is 38.3 Å². The second-order valence-corrected chi connectivity index (χ2v) is 10.1. The van der Waals surface area contributed by atoms with E-state index in [-0.39, 0.29) is 5.25 Å². The summed E-state index contributed by atoms with van der Waals surface area (Å²) < 4.78 is 15.8. The zero-order chi connectivity index (χ0) is 18.8. The molecular formula is C19H16N6OS2. The Bertz CT molecular complexity index is 1330. The number of H-pyrrole nitrogens is 1. The Morgan fingerprint density at radius 3 is 2.82 bits per heavy atom. The SMILES string of the molecule is Cc1cc2c3cc(-c4cncnc4)nc4sc([S+]([O-])C5CCC5)c([nH]n2n1)c43. The standard InChI is InChI=1S/C19H16N6OS2/c1-10-5-15-13-6-14(11-7-20-9-21-8-11)22-18-16(13)17(24-25(15)23-10)19(27-18)28(26)12-3-2-4-12/h5-9,12,24H,2-4H2,1H3. The molecule has 0 saturated heterocycles. The number of aromatic amines is 1. The molecular weight excluding hydrogens is 392 g/mol. The van der Waals surface area contributed by atoms with Gasteiger partial charge in [-0.2, -0.15) is 9.73 Å². The predicted octanol–water partition coefficient (Wildman–Crippen LogP) is 3.85. The molecule has 0 bridgehead atoms. The summed E-state index contributed by atoms with van der Waals surface area (Å²) in [5, 5.41) is 10.3. The van der Waals surface area contributed by atoms with Crippen molar-refractivity contribution in [3.8, 4) is 11.3 Å². The lowest BCUT2D eigenvalue weighted by Gasteiger charge is -2.26. The van der Waals surface area contributed by atoms with Gasteiger partial charge >= 0.3 is 0 Å². The van der Waals surface area contributed by atoms with Gasteiger partial charge in [0.05, 0.1) is 22.3 Å². The monoisotopic (exact) mass is 408 g/mol. The number of nitrogens with one attached hydrogen (secondary N) is 1. The molecule has 5 aromatic rings. The molecule has 1 fully saturated rings. The van der Waals surface area contributed by atoms with Crippen LogP contribution in [0.1, 0.15) is 25.0 Å². The zero-order valence-electron chi connectivity index (χ0n) is 15.0. The van der Waals surface area contributed by atoms with Gasteiger partial charge in [-0.3, -0.25) is 5.10 Å². The summed E-state index contributed by atoms with van der Waals surface area (Å²) in [6, 6.07) is 4.11. The highest BCUT2D eigenvalue weighted by Crippen LogP contribution is 2.43. The highest BCUT2D eigenvalue weighted by Gasteiger charge is 2.35. The summed E-state index contributed by atoms with van der Waals surface area (Å²) in [6.45, 7) is 1.97. The molecule has 0 radical (unpaired) electrons. The molecule has 1 saturated carbocycles. The fourth-order valence-electron chi connectivity index (χ4n) is 3.72. The van der Waals surface area contributed by atoms with Gasteiger partial charge in [0.15, 0.2) is 0 Å². The van der Waals surface area contributed by atoms with Gasteiger partial charge in [0.2, 0.25) is 4.21 Å². The number of fused-ring (bicyclic) bond motifs is 2. The molecule has 1 N–H and O–H groups in total. The van der Waals surface area contributed by atoms with E-state index in [2.05, 4.69) is 32.3 Å². The molecule has 1 aliphatic rings. The molecule has 140 valence electrons. The molecule has 0 aliphatic heterocycles. The topological polar surface area (TPSA) is 94.8 Å². The first-order chi connectivity index (χ1) is 13.7. The Morgan fingerprint density at radius 2 is 2.07 bits per heavy atom. The van der Waals surface area contributed by atoms with Crippen molar-refractivity contribution in [2.45, 2.75) is 35.6 Å². The van der Waals surface area contributed by atoms with E-state index < -0.39 is 11.2 Å². The minimum absolute atomic E-state index is 0.248. The van der Waals surface area contributed by atoms with Crippen molar-refractivity contribution < 1.29 is 4.55 Å². The summed E-state index contributed by atoms with van der Waals surface area (Å²) in [6.07, 6.45) is 8.25. The summed E-state index contributed by atoms with van der Waals surface area (Å²) in [4.78, 5) is 14.0. The van der Waals surface area contributed by atoms with Crippen LogP contribution in [0.5, 0.6) is 0 Å². The second kappa shape index (κ2) is 6.00. The first-order valence-electron chi connectivity index (χ1n) is 9.16. The third-order valence-corrected chi connectivity index (χ3v) is 8.62. The Labute approximate surface area is 167 Å². The third kappa shape index (κ3) is 2.33. The van der Waals surface area contributed by atoms with Gasteiger partial charge < -0.3 is 4.55 Å². The maximum absolute atomic E-state index is 13.2. The van der Waals surface area contributed by atoms with E-state index in [1.54, 1.807) is 17.0 Å². The molecule has 5 heterocycles. The largest absolute Gasteiger partial charge is 0.611 e. The Balaban J connectivity index is 1.70. The molecule has 5 aromatic heterocycles. The molecule has 1 atom stereocenters. The highest BCUT2D eigenvalue weighted by atomic mass is 32.2. The summed E-state index contributed by atoms with van der Waals surface area (Å²) >= 11 is 0.489. The average molecular weight is 409 g/mol. The van der Waals surface area contributed by atoms with Gasteiger partial charge in [0.25, 0.3) is 0 Å². The number of rotatable bonds is 3. The minimum atomic E-state index is -1.03. The lowest BCUT2D eigenvalue weighted by molar-refractivity contribution is 0.478. The van der Waals surface area contributed by atoms with E-state index in [1.807, 2.05) is 6.92 Å². The number of pyridine rings is 1. The molecule has 0 amide bonds. The van der Waals surface area contributed by atoms with Crippen molar-refractivity contribution in [1.82, 2.24) is 29.8 Å². The van der Waals surface area contributed by atoms with Gasteiger partial charge in [0, 0.05) is 34.5 Å². The van der Waals surface area contributed by atoms with Crippen LogP contribution < -0.4 is 0 Å². The van der Waals surface area contributed by atoms with E-state index in [9.17, 15) is 4.55 Å². The van der Waals surface area contributed by atoms with Crippen LogP contribution in [0.4, 0.5) is 0 Å². The zero-order valence-corrected chi connectivity index (χ0v) is 16.7.